The first-order valence-corrected chi connectivity index (χ1v) is 11.3. The molecule has 0 aliphatic heterocycles. The van der Waals surface area contributed by atoms with Crippen molar-refractivity contribution in [1.82, 2.24) is 10.1 Å². The molecule has 3 aromatic carbocycles. The van der Waals surface area contributed by atoms with Crippen LogP contribution in [0.1, 0.15) is 30.1 Å². The smallest absolute Gasteiger partial charge is 0.260 e. The van der Waals surface area contributed by atoms with E-state index in [-0.39, 0.29) is 11.8 Å². The highest BCUT2D eigenvalue weighted by Gasteiger charge is 2.17. The van der Waals surface area contributed by atoms with E-state index in [9.17, 15) is 4.79 Å². The number of para-hydroxylation sites is 1. The monoisotopic (exact) mass is 473 g/mol. The molecule has 0 aliphatic rings. The summed E-state index contributed by atoms with van der Waals surface area (Å²) in [4.78, 5) is 17.5. The molecule has 0 saturated heterocycles. The number of unbranched alkanes of at least 4 members (excludes halogenated alkanes) is 1. The summed E-state index contributed by atoms with van der Waals surface area (Å²) in [6, 6.07) is 19.8. The fourth-order valence-electron chi connectivity index (χ4n) is 3.46. The number of carbonyl (C=O) groups excluding carboxylic acids is 1. The second-order valence-electron chi connectivity index (χ2n) is 7.72. The van der Waals surface area contributed by atoms with Crippen molar-refractivity contribution in [3.05, 3.63) is 72.3 Å². The molecule has 1 N–H and O–H groups in total. The molecule has 0 unspecified atom stereocenters. The van der Waals surface area contributed by atoms with Gasteiger partial charge in [-0.2, -0.15) is 4.98 Å². The number of methoxy groups -OCH3 is 2. The average molecular weight is 474 g/mol. The molecule has 0 aliphatic carbocycles. The van der Waals surface area contributed by atoms with Crippen LogP contribution in [-0.2, 0) is 0 Å². The van der Waals surface area contributed by atoms with Gasteiger partial charge in [0, 0.05) is 11.1 Å². The van der Waals surface area contributed by atoms with Gasteiger partial charge in [-0.05, 0) is 55.0 Å². The summed E-state index contributed by atoms with van der Waals surface area (Å²) in [6.45, 7) is 2.72. The van der Waals surface area contributed by atoms with E-state index in [2.05, 4.69) is 22.4 Å². The first kappa shape index (κ1) is 23.8. The lowest BCUT2D eigenvalue weighted by atomic mass is 10.1. The van der Waals surface area contributed by atoms with Gasteiger partial charge in [-0.1, -0.05) is 36.7 Å². The number of nitrogens with one attached hydrogen (secondary N) is 1. The van der Waals surface area contributed by atoms with Gasteiger partial charge in [0.1, 0.15) is 5.75 Å². The topological polar surface area (TPSA) is 95.7 Å². The number of hydrogen-bond acceptors (Lipinski definition) is 7. The second-order valence-corrected chi connectivity index (χ2v) is 7.72. The number of anilines is 1. The standard InChI is InChI=1S/C27H27N3O5/c1-4-5-15-34-20-10-8-9-19(16-20)26(31)28-22-12-7-6-11-21(22)27-29-25(30-35-27)18-13-14-23(32-2)24(17-18)33-3/h6-14,16-17H,4-5,15H2,1-3H3,(H,28,31). The van der Waals surface area contributed by atoms with E-state index in [0.29, 0.717) is 52.1 Å². The minimum atomic E-state index is -0.266. The van der Waals surface area contributed by atoms with Crippen molar-refractivity contribution in [2.24, 2.45) is 0 Å². The minimum absolute atomic E-state index is 0.266. The van der Waals surface area contributed by atoms with Crippen LogP contribution in [0, 0.1) is 0 Å². The third-order valence-corrected chi connectivity index (χ3v) is 5.34. The van der Waals surface area contributed by atoms with Crippen molar-refractivity contribution in [1.29, 1.82) is 0 Å². The number of amides is 1. The third-order valence-electron chi connectivity index (χ3n) is 5.34. The molecule has 0 spiro atoms. The molecule has 0 bridgehead atoms. The van der Waals surface area contributed by atoms with E-state index in [1.807, 2.05) is 30.3 Å². The van der Waals surface area contributed by atoms with Crippen LogP contribution in [0.3, 0.4) is 0 Å². The van der Waals surface area contributed by atoms with E-state index >= 15 is 0 Å². The Morgan fingerprint density at radius 1 is 0.971 bits per heavy atom. The van der Waals surface area contributed by atoms with Gasteiger partial charge in [-0.15, -0.1) is 0 Å². The summed E-state index contributed by atoms with van der Waals surface area (Å²) in [5.41, 5.74) is 2.36. The van der Waals surface area contributed by atoms with Crippen LogP contribution in [0.2, 0.25) is 0 Å². The SMILES string of the molecule is CCCCOc1cccc(C(=O)Nc2ccccc2-c2nc(-c3ccc(OC)c(OC)c3)no2)c1. The van der Waals surface area contributed by atoms with Crippen molar-refractivity contribution in [3.8, 4) is 40.1 Å². The molecular formula is C27H27N3O5. The molecule has 35 heavy (non-hydrogen) atoms. The molecule has 0 fully saturated rings. The lowest BCUT2D eigenvalue weighted by molar-refractivity contribution is 0.102. The summed E-state index contributed by atoms with van der Waals surface area (Å²) in [7, 11) is 3.14. The van der Waals surface area contributed by atoms with Crippen molar-refractivity contribution in [3.63, 3.8) is 0 Å². The van der Waals surface area contributed by atoms with Crippen LogP contribution in [0.15, 0.2) is 71.3 Å². The highest BCUT2D eigenvalue weighted by atomic mass is 16.5. The van der Waals surface area contributed by atoms with Gasteiger partial charge in [0.2, 0.25) is 5.82 Å². The zero-order valence-corrected chi connectivity index (χ0v) is 19.9. The van der Waals surface area contributed by atoms with Crippen LogP contribution in [0.25, 0.3) is 22.8 Å². The zero-order chi connectivity index (χ0) is 24.6. The van der Waals surface area contributed by atoms with Crippen LogP contribution in [0.4, 0.5) is 5.69 Å². The third kappa shape index (κ3) is 5.60. The number of nitrogens with zero attached hydrogens (tertiary/aromatic N) is 2. The molecule has 0 saturated carbocycles. The van der Waals surface area contributed by atoms with E-state index in [4.69, 9.17) is 18.7 Å². The molecule has 1 heterocycles. The number of hydrogen-bond donors (Lipinski definition) is 1. The summed E-state index contributed by atoms with van der Waals surface area (Å²) in [5, 5.41) is 7.05. The second kappa shape index (κ2) is 11.2. The summed E-state index contributed by atoms with van der Waals surface area (Å²) in [5.74, 6) is 2.23. The number of rotatable bonds is 10. The molecule has 8 nitrogen and oxygen atoms in total. The fraction of sp³-hybridized carbons (Fsp3) is 0.222. The van der Waals surface area contributed by atoms with Crippen molar-refractivity contribution in [2.45, 2.75) is 19.8 Å². The summed E-state index contributed by atoms with van der Waals surface area (Å²) < 4.78 is 21.9. The highest BCUT2D eigenvalue weighted by Crippen LogP contribution is 2.33. The Hall–Kier alpha value is -4.33. The van der Waals surface area contributed by atoms with Crippen LogP contribution >= 0.6 is 0 Å². The quantitative estimate of drug-likeness (QED) is 0.289. The molecule has 1 amide bonds. The van der Waals surface area contributed by atoms with E-state index in [0.717, 1.165) is 12.8 Å². The van der Waals surface area contributed by atoms with Gasteiger partial charge in [-0.25, -0.2) is 0 Å². The Kier molecular flexibility index (Phi) is 7.62. The van der Waals surface area contributed by atoms with Gasteiger partial charge >= 0.3 is 0 Å². The Bertz CT molecular complexity index is 1300. The zero-order valence-electron chi connectivity index (χ0n) is 19.9. The molecule has 8 heteroatoms. The van der Waals surface area contributed by atoms with Gasteiger partial charge in [0.25, 0.3) is 11.8 Å². The van der Waals surface area contributed by atoms with E-state index < -0.39 is 0 Å². The molecule has 180 valence electrons. The number of benzene rings is 3. The van der Waals surface area contributed by atoms with Gasteiger partial charge < -0.3 is 24.1 Å². The Balaban J connectivity index is 1.55. The first-order chi connectivity index (χ1) is 17.1. The molecule has 0 radical (unpaired) electrons. The molecule has 4 aromatic rings. The summed E-state index contributed by atoms with van der Waals surface area (Å²) >= 11 is 0. The average Bonchev–Trinajstić information content (AvgIpc) is 3.39. The Morgan fingerprint density at radius 2 is 1.80 bits per heavy atom. The Morgan fingerprint density at radius 3 is 2.60 bits per heavy atom. The van der Waals surface area contributed by atoms with Crippen molar-refractivity contribution in [2.75, 3.05) is 26.1 Å². The van der Waals surface area contributed by atoms with Crippen LogP contribution in [0.5, 0.6) is 17.2 Å². The lowest BCUT2D eigenvalue weighted by Crippen LogP contribution is -2.13. The molecule has 0 atom stereocenters. The minimum Gasteiger partial charge on any atom is -0.494 e. The lowest BCUT2D eigenvalue weighted by Gasteiger charge is -2.10. The predicted octanol–water partition coefficient (Wildman–Crippen LogP) is 5.85. The van der Waals surface area contributed by atoms with E-state index in [1.54, 1.807) is 50.6 Å². The van der Waals surface area contributed by atoms with Crippen molar-refractivity contribution >= 4 is 11.6 Å². The van der Waals surface area contributed by atoms with Crippen molar-refractivity contribution < 1.29 is 23.5 Å². The maximum atomic E-state index is 13.0. The van der Waals surface area contributed by atoms with Crippen LogP contribution < -0.4 is 19.5 Å². The normalized spacial score (nSPS) is 10.6. The maximum absolute atomic E-state index is 13.0. The summed E-state index contributed by atoms with van der Waals surface area (Å²) in [6.07, 6.45) is 2.00. The van der Waals surface area contributed by atoms with Gasteiger partial charge in [0.05, 0.1) is 32.1 Å². The van der Waals surface area contributed by atoms with Gasteiger partial charge in [0.15, 0.2) is 11.5 Å². The molecule has 1 aromatic heterocycles. The van der Waals surface area contributed by atoms with E-state index in [1.165, 1.54) is 0 Å². The number of ether oxygens (including phenoxy) is 3. The van der Waals surface area contributed by atoms with Gasteiger partial charge in [-0.3, -0.25) is 4.79 Å². The highest BCUT2D eigenvalue weighted by molar-refractivity contribution is 6.06. The molecule has 4 rings (SSSR count). The number of aromatic nitrogens is 2. The van der Waals surface area contributed by atoms with Crippen LogP contribution in [-0.4, -0.2) is 36.9 Å². The Labute approximate surface area is 203 Å². The fourth-order valence-corrected chi connectivity index (χ4v) is 3.46. The maximum Gasteiger partial charge on any atom is 0.260 e. The predicted molar refractivity (Wildman–Crippen MR) is 133 cm³/mol. The largest absolute Gasteiger partial charge is 0.494 e. The number of carbonyl (C=O) groups is 1. The first-order valence-electron chi connectivity index (χ1n) is 11.3. The molecular weight excluding hydrogens is 446 g/mol.